The number of nitrogens with zero attached hydrogens (tertiary/aromatic N) is 1. The van der Waals surface area contributed by atoms with Crippen LogP contribution in [0.15, 0.2) is 0 Å². The molecule has 1 N–H and O–H groups in total. The zero-order valence-corrected chi connectivity index (χ0v) is 13.6. The van der Waals surface area contributed by atoms with Crippen molar-refractivity contribution in [3.05, 3.63) is 0 Å². The standard InChI is InChI=1S/C15H30N2O3/c1-6-19-11-12(2)16-9-13-7-8-17(10-13)14(18)20-15(3,4)5/h12-13,16H,6-11H2,1-5H3. The van der Waals surface area contributed by atoms with Gasteiger partial charge in [-0.05, 0) is 47.0 Å². The molecule has 0 aromatic carbocycles. The van der Waals surface area contributed by atoms with Crippen LogP contribution in [0.25, 0.3) is 0 Å². The molecule has 1 aliphatic heterocycles. The summed E-state index contributed by atoms with van der Waals surface area (Å²) in [5.41, 5.74) is -0.417. The van der Waals surface area contributed by atoms with E-state index in [2.05, 4.69) is 12.2 Å². The predicted octanol–water partition coefficient (Wildman–Crippen LogP) is 2.26. The Morgan fingerprint density at radius 3 is 2.75 bits per heavy atom. The molecule has 1 fully saturated rings. The summed E-state index contributed by atoms with van der Waals surface area (Å²) in [5, 5.41) is 3.46. The van der Waals surface area contributed by atoms with E-state index < -0.39 is 5.60 Å². The van der Waals surface area contributed by atoms with E-state index in [1.165, 1.54) is 0 Å². The van der Waals surface area contributed by atoms with E-state index in [0.717, 1.165) is 39.3 Å². The van der Waals surface area contributed by atoms with Crippen molar-refractivity contribution < 1.29 is 14.3 Å². The molecular weight excluding hydrogens is 256 g/mol. The van der Waals surface area contributed by atoms with Crippen LogP contribution in [0, 0.1) is 5.92 Å². The van der Waals surface area contributed by atoms with Crippen LogP contribution in [0.3, 0.4) is 0 Å². The van der Waals surface area contributed by atoms with Crippen LogP contribution in [-0.4, -0.2) is 55.5 Å². The van der Waals surface area contributed by atoms with Crippen molar-refractivity contribution in [2.45, 2.75) is 52.7 Å². The molecule has 0 radical (unpaired) electrons. The monoisotopic (exact) mass is 286 g/mol. The molecule has 0 aromatic rings. The van der Waals surface area contributed by atoms with Crippen molar-refractivity contribution in [1.82, 2.24) is 10.2 Å². The maximum Gasteiger partial charge on any atom is 0.410 e. The highest BCUT2D eigenvalue weighted by Crippen LogP contribution is 2.19. The van der Waals surface area contributed by atoms with E-state index in [9.17, 15) is 4.79 Å². The maximum atomic E-state index is 11.9. The first-order chi connectivity index (χ1) is 9.31. The van der Waals surface area contributed by atoms with Crippen molar-refractivity contribution in [2.75, 3.05) is 32.8 Å². The lowest BCUT2D eigenvalue weighted by atomic mass is 10.1. The second-order valence-electron chi connectivity index (χ2n) is 6.55. The van der Waals surface area contributed by atoms with Gasteiger partial charge in [-0.2, -0.15) is 0 Å². The number of rotatable bonds is 6. The first-order valence-corrected chi connectivity index (χ1v) is 7.61. The van der Waals surface area contributed by atoms with Gasteiger partial charge in [0.15, 0.2) is 0 Å². The number of hydrogen-bond acceptors (Lipinski definition) is 4. The van der Waals surface area contributed by atoms with E-state index in [1.54, 1.807) is 0 Å². The largest absolute Gasteiger partial charge is 0.444 e. The van der Waals surface area contributed by atoms with Gasteiger partial charge in [0, 0.05) is 32.3 Å². The summed E-state index contributed by atoms with van der Waals surface area (Å²) in [7, 11) is 0. The smallest absolute Gasteiger partial charge is 0.410 e. The van der Waals surface area contributed by atoms with E-state index in [0.29, 0.717) is 12.0 Å². The number of ether oxygens (including phenoxy) is 2. The zero-order chi connectivity index (χ0) is 15.2. The SMILES string of the molecule is CCOCC(C)NCC1CCN(C(=O)OC(C)(C)C)C1. The van der Waals surface area contributed by atoms with Gasteiger partial charge in [-0.15, -0.1) is 0 Å². The first kappa shape index (κ1) is 17.2. The summed E-state index contributed by atoms with van der Waals surface area (Å²) in [4.78, 5) is 13.8. The second kappa shape index (κ2) is 7.84. The quantitative estimate of drug-likeness (QED) is 0.813. The summed E-state index contributed by atoms with van der Waals surface area (Å²) < 4.78 is 10.8. The maximum absolute atomic E-state index is 11.9. The average Bonchev–Trinajstić information content (AvgIpc) is 2.80. The van der Waals surface area contributed by atoms with Crippen LogP contribution in [0.2, 0.25) is 0 Å². The number of nitrogens with one attached hydrogen (secondary N) is 1. The summed E-state index contributed by atoms with van der Waals surface area (Å²) >= 11 is 0. The van der Waals surface area contributed by atoms with E-state index in [4.69, 9.17) is 9.47 Å². The van der Waals surface area contributed by atoms with Crippen LogP contribution in [0.1, 0.15) is 41.0 Å². The topological polar surface area (TPSA) is 50.8 Å². The fourth-order valence-electron chi connectivity index (χ4n) is 2.21. The molecule has 1 aliphatic rings. The number of hydrogen-bond donors (Lipinski definition) is 1. The van der Waals surface area contributed by atoms with Crippen molar-refractivity contribution in [1.29, 1.82) is 0 Å². The third-order valence-corrected chi connectivity index (χ3v) is 3.26. The second-order valence-corrected chi connectivity index (χ2v) is 6.55. The molecule has 0 saturated carbocycles. The third kappa shape index (κ3) is 6.57. The minimum atomic E-state index is -0.417. The molecule has 0 spiro atoms. The van der Waals surface area contributed by atoms with Gasteiger partial charge in [0.25, 0.3) is 0 Å². The Bertz CT molecular complexity index is 302. The van der Waals surface area contributed by atoms with Crippen LogP contribution >= 0.6 is 0 Å². The molecule has 20 heavy (non-hydrogen) atoms. The molecule has 1 heterocycles. The summed E-state index contributed by atoms with van der Waals surface area (Å²) in [5.74, 6) is 0.506. The van der Waals surface area contributed by atoms with Gasteiger partial charge >= 0.3 is 6.09 Å². The lowest BCUT2D eigenvalue weighted by molar-refractivity contribution is 0.0288. The lowest BCUT2D eigenvalue weighted by Gasteiger charge is -2.24. The normalized spacial score (nSPS) is 21.1. The number of carbonyl (C=O) groups excluding carboxylic acids is 1. The third-order valence-electron chi connectivity index (χ3n) is 3.26. The minimum Gasteiger partial charge on any atom is -0.444 e. The van der Waals surface area contributed by atoms with Crippen LogP contribution in [0.5, 0.6) is 0 Å². The molecule has 118 valence electrons. The molecule has 5 heteroatoms. The Kier molecular flexibility index (Phi) is 6.76. The van der Waals surface area contributed by atoms with Crippen LogP contribution < -0.4 is 5.32 Å². The molecule has 1 amide bonds. The Balaban J connectivity index is 2.24. The highest BCUT2D eigenvalue weighted by Gasteiger charge is 2.29. The van der Waals surface area contributed by atoms with Crippen molar-refractivity contribution >= 4 is 6.09 Å². The number of amides is 1. The molecule has 2 atom stereocenters. The van der Waals surface area contributed by atoms with E-state index in [1.807, 2.05) is 32.6 Å². The Morgan fingerprint density at radius 1 is 1.45 bits per heavy atom. The van der Waals surface area contributed by atoms with Gasteiger partial charge in [-0.25, -0.2) is 4.79 Å². The Labute approximate surface area is 123 Å². The summed E-state index contributed by atoms with van der Waals surface area (Å²) in [6.45, 7) is 13.8. The van der Waals surface area contributed by atoms with E-state index in [-0.39, 0.29) is 6.09 Å². The highest BCUT2D eigenvalue weighted by atomic mass is 16.6. The van der Waals surface area contributed by atoms with Crippen LogP contribution in [0.4, 0.5) is 4.79 Å². The highest BCUT2D eigenvalue weighted by molar-refractivity contribution is 5.68. The van der Waals surface area contributed by atoms with E-state index >= 15 is 0 Å². The Hall–Kier alpha value is -0.810. The Morgan fingerprint density at radius 2 is 2.15 bits per heavy atom. The average molecular weight is 286 g/mol. The number of carbonyl (C=O) groups is 1. The van der Waals surface area contributed by atoms with Gasteiger partial charge in [-0.1, -0.05) is 0 Å². The fourth-order valence-corrected chi connectivity index (χ4v) is 2.21. The molecule has 0 aromatic heterocycles. The van der Waals surface area contributed by atoms with Gasteiger partial charge in [-0.3, -0.25) is 0 Å². The van der Waals surface area contributed by atoms with Crippen molar-refractivity contribution in [3.8, 4) is 0 Å². The van der Waals surface area contributed by atoms with Crippen molar-refractivity contribution in [2.24, 2.45) is 5.92 Å². The zero-order valence-electron chi connectivity index (χ0n) is 13.6. The molecule has 2 unspecified atom stereocenters. The molecule has 5 nitrogen and oxygen atoms in total. The first-order valence-electron chi connectivity index (χ1n) is 7.61. The van der Waals surface area contributed by atoms with Crippen LogP contribution in [-0.2, 0) is 9.47 Å². The molecule has 0 bridgehead atoms. The summed E-state index contributed by atoms with van der Waals surface area (Å²) in [6.07, 6.45) is 0.843. The molecule has 1 rings (SSSR count). The van der Waals surface area contributed by atoms with Gasteiger partial charge in [0.1, 0.15) is 5.60 Å². The molecular formula is C15H30N2O3. The summed E-state index contributed by atoms with van der Waals surface area (Å²) in [6, 6.07) is 0.352. The van der Waals surface area contributed by atoms with Gasteiger partial charge in [0.2, 0.25) is 0 Å². The van der Waals surface area contributed by atoms with Crippen molar-refractivity contribution in [3.63, 3.8) is 0 Å². The lowest BCUT2D eigenvalue weighted by Crippen LogP contribution is -2.38. The minimum absolute atomic E-state index is 0.192. The number of likely N-dealkylation sites (tertiary alicyclic amines) is 1. The van der Waals surface area contributed by atoms with Gasteiger partial charge in [0.05, 0.1) is 6.61 Å². The van der Waals surface area contributed by atoms with Gasteiger partial charge < -0.3 is 19.7 Å². The fraction of sp³-hybridized carbons (Fsp3) is 0.933. The molecule has 1 saturated heterocycles. The molecule has 0 aliphatic carbocycles. The predicted molar refractivity (Wildman–Crippen MR) is 79.9 cm³/mol.